The van der Waals surface area contributed by atoms with Crippen LogP contribution in [0.15, 0.2) is 53.9 Å². The second-order valence-electron chi connectivity index (χ2n) is 7.35. The maximum atomic E-state index is 12.6. The molecule has 0 bridgehead atoms. The van der Waals surface area contributed by atoms with E-state index in [0.29, 0.717) is 11.3 Å². The minimum absolute atomic E-state index is 0.0205. The molecule has 148 valence electrons. The topological polar surface area (TPSA) is 72.9 Å². The zero-order valence-corrected chi connectivity index (χ0v) is 17.0. The maximum Gasteiger partial charge on any atom is 0.355 e. The lowest BCUT2D eigenvalue weighted by Gasteiger charge is -2.27. The number of anilines is 1. The second-order valence-corrected chi connectivity index (χ2v) is 7.35. The number of carbonyl (C=O) groups excluding carboxylic acids is 3. The van der Waals surface area contributed by atoms with Crippen LogP contribution in [0.4, 0.5) is 5.69 Å². The molecule has 0 unspecified atom stereocenters. The van der Waals surface area contributed by atoms with Gasteiger partial charge in [0.25, 0.3) is 0 Å². The number of hydrogen-bond donors (Lipinski definition) is 0. The monoisotopic (exact) mass is 383 g/mol. The summed E-state index contributed by atoms with van der Waals surface area (Å²) in [7, 11) is 2.47. The van der Waals surface area contributed by atoms with Crippen LogP contribution in [0, 0.1) is 0 Å². The fourth-order valence-corrected chi connectivity index (χ4v) is 2.85. The van der Waals surface area contributed by atoms with E-state index in [9.17, 15) is 14.4 Å². The number of ketones is 1. The molecule has 0 saturated heterocycles. The van der Waals surface area contributed by atoms with Gasteiger partial charge in [-0.25, -0.2) is 9.59 Å². The van der Waals surface area contributed by atoms with Crippen LogP contribution in [-0.2, 0) is 24.5 Å². The van der Waals surface area contributed by atoms with Crippen molar-refractivity contribution in [3.8, 4) is 0 Å². The van der Waals surface area contributed by atoms with Crippen LogP contribution in [-0.4, -0.2) is 31.9 Å². The summed E-state index contributed by atoms with van der Waals surface area (Å²) in [5.74, 6) is -1.56. The standard InChI is InChI=1S/C22H25NO5/c1-14(24)16-11-10-15(22(2,3)4)13-18(16)23-12-8-7-9-17(20(25)27-5)19(23)21(26)28-6/h7-13H,1-6H3. The molecule has 6 heteroatoms. The Morgan fingerprint density at radius 2 is 1.61 bits per heavy atom. The van der Waals surface area contributed by atoms with Crippen molar-refractivity contribution in [3.05, 3.63) is 65.0 Å². The molecule has 0 fully saturated rings. The second kappa shape index (κ2) is 8.25. The van der Waals surface area contributed by atoms with Crippen molar-refractivity contribution in [1.29, 1.82) is 0 Å². The van der Waals surface area contributed by atoms with Gasteiger partial charge in [0.15, 0.2) is 5.78 Å². The zero-order valence-electron chi connectivity index (χ0n) is 17.0. The summed E-state index contributed by atoms with van der Waals surface area (Å²) in [6.45, 7) is 7.61. The summed E-state index contributed by atoms with van der Waals surface area (Å²) < 4.78 is 9.75. The fraction of sp³-hybridized carbons (Fsp3) is 0.318. The minimum atomic E-state index is -0.715. The highest BCUT2D eigenvalue weighted by molar-refractivity contribution is 6.07. The summed E-state index contributed by atoms with van der Waals surface area (Å²) in [5.41, 5.74) is 1.72. The highest BCUT2D eigenvalue weighted by atomic mass is 16.5. The van der Waals surface area contributed by atoms with Crippen molar-refractivity contribution in [3.63, 3.8) is 0 Å². The van der Waals surface area contributed by atoms with Crippen molar-refractivity contribution in [1.82, 2.24) is 0 Å². The number of allylic oxidation sites excluding steroid dienone is 2. The van der Waals surface area contributed by atoms with E-state index in [1.54, 1.807) is 24.4 Å². The number of Topliss-reactive ketones (excluding diaryl/α,β-unsaturated/α-hetero) is 1. The van der Waals surface area contributed by atoms with E-state index in [0.717, 1.165) is 5.56 Å². The van der Waals surface area contributed by atoms with Crippen molar-refractivity contribution in [2.45, 2.75) is 33.1 Å². The molecule has 6 nitrogen and oxygen atoms in total. The lowest BCUT2D eigenvalue weighted by Crippen LogP contribution is -2.28. The SMILES string of the molecule is COC(=O)C1=C(C(=O)OC)N(c2cc(C(C)(C)C)ccc2C(C)=O)C=CC=C1. The van der Waals surface area contributed by atoms with Gasteiger partial charge in [-0.05, 0) is 42.2 Å². The Hall–Kier alpha value is -3.15. The largest absolute Gasteiger partial charge is 0.465 e. The van der Waals surface area contributed by atoms with E-state index in [4.69, 9.17) is 9.47 Å². The first-order chi connectivity index (χ1) is 13.1. The lowest BCUT2D eigenvalue weighted by atomic mass is 9.85. The Kier molecular flexibility index (Phi) is 6.23. The van der Waals surface area contributed by atoms with E-state index in [1.807, 2.05) is 12.1 Å². The van der Waals surface area contributed by atoms with E-state index in [-0.39, 0.29) is 22.5 Å². The first-order valence-corrected chi connectivity index (χ1v) is 8.82. The predicted molar refractivity (Wildman–Crippen MR) is 107 cm³/mol. The first-order valence-electron chi connectivity index (χ1n) is 8.82. The molecule has 0 atom stereocenters. The van der Waals surface area contributed by atoms with Gasteiger partial charge in [0, 0.05) is 11.8 Å². The highest BCUT2D eigenvalue weighted by Gasteiger charge is 2.30. The van der Waals surface area contributed by atoms with Gasteiger partial charge >= 0.3 is 11.9 Å². The summed E-state index contributed by atoms with van der Waals surface area (Å²) in [5, 5.41) is 0. The van der Waals surface area contributed by atoms with E-state index in [1.165, 1.54) is 32.1 Å². The van der Waals surface area contributed by atoms with Gasteiger partial charge < -0.3 is 14.4 Å². The van der Waals surface area contributed by atoms with Gasteiger partial charge in [0.1, 0.15) is 5.70 Å². The molecule has 1 aliphatic heterocycles. The van der Waals surface area contributed by atoms with Crippen LogP contribution < -0.4 is 4.90 Å². The summed E-state index contributed by atoms with van der Waals surface area (Å²) >= 11 is 0. The average Bonchev–Trinajstić information content (AvgIpc) is 2.88. The summed E-state index contributed by atoms with van der Waals surface area (Å²) in [6.07, 6.45) is 6.39. The first kappa shape index (κ1) is 21.2. The third-order valence-corrected chi connectivity index (χ3v) is 4.39. The lowest BCUT2D eigenvalue weighted by molar-refractivity contribution is -0.139. The Morgan fingerprint density at radius 3 is 2.14 bits per heavy atom. The molecule has 1 aliphatic rings. The van der Waals surface area contributed by atoms with Crippen LogP contribution in [0.25, 0.3) is 0 Å². The van der Waals surface area contributed by atoms with Crippen molar-refractivity contribution in [2.75, 3.05) is 19.1 Å². The summed E-state index contributed by atoms with van der Waals surface area (Å²) in [6, 6.07) is 5.48. The Labute approximate surface area is 165 Å². The Morgan fingerprint density at radius 1 is 0.964 bits per heavy atom. The number of rotatable bonds is 4. The third-order valence-electron chi connectivity index (χ3n) is 4.39. The number of hydrogen-bond acceptors (Lipinski definition) is 6. The van der Waals surface area contributed by atoms with Gasteiger partial charge in [0.05, 0.1) is 25.5 Å². The molecule has 0 radical (unpaired) electrons. The molecular formula is C22H25NO5. The summed E-state index contributed by atoms with van der Waals surface area (Å²) in [4.78, 5) is 38.7. The normalized spacial score (nSPS) is 14.0. The van der Waals surface area contributed by atoms with Crippen LogP contribution in [0.2, 0.25) is 0 Å². The third kappa shape index (κ3) is 4.22. The fourth-order valence-electron chi connectivity index (χ4n) is 2.85. The Bertz CT molecular complexity index is 900. The molecule has 0 aromatic heterocycles. The van der Waals surface area contributed by atoms with Gasteiger partial charge in [-0.1, -0.05) is 32.9 Å². The van der Waals surface area contributed by atoms with Crippen LogP contribution in [0.3, 0.4) is 0 Å². The van der Waals surface area contributed by atoms with Crippen LogP contribution >= 0.6 is 0 Å². The molecule has 2 rings (SSSR count). The van der Waals surface area contributed by atoms with E-state index >= 15 is 0 Å². The predicted octanol–water partition coefficient (Wildman–Crippen LogP) is 3.68. The van der Waals surface area contributed by atoms with Crippen molar-refractivity contribution in [2.24, 2.45) is 0 Å². The number of methoxy groups -OCH3 is 2. The molecule has 0 N–H and O–H groups in total. The quantitative estimate of drug-likeness (QED) is 0.583. The smallest absolute Gasteiger partial charge is 0.355 e. The molecule has 0 aliphatic carbocycles. The number of carbonyl (C=O) groups is 3. The van der Waals surface area contributed by atoms with Gasteiger partial charge in [0.2, 0.25) is 0 Å². The number of nitrogens with zero attached hydrogens (tertiary/aromatic N) is 1. The van der Waals surface area contributed by atoms with Crippen molar-refractivity contribution >= 4 is 23.4 Å². The average molecular weight is 383 g/mol. The molecule has 1 aromatic rings. The molecule has 0 amide bonds. The highest BCUT2D eigenvalue weighted by Crippen LogP contribution is 2.34. The Balaban J connectivity index is 2.84. The van der Waals surface area contributed by atoms with Crippen molar-refractivity contribution < 1.29 is 23.9 Å². The van der Waals surface area contributed by atoms with Crippen LogP contribution in [0.5, 0.6) is 0 Å². The number of benzene rings is 1. The minimum Gasteiger partial charge on any atom is -0.465 e. The number of esters is 2. The molecule has 1 heterocycles. The maximum absolute atomic E-state index is 12.6. The molecule has 0 saturated carbocycles. The van der Waals surface area contributed by atoms with E-state index in [2.05, 4.69) is 20.8 Å². The number of ether oxygens (including phenoxy) is 2. The molecule has 1 aromatic carbocycles. The van der Waals surface area contributed by atoms with Gasteiger partial charge in [-0.15, -0.1) is 0 Å². The van der Waals surface area contributed by atoms with Crippen LogP contribution in [0.1, 0.15) is 43.6 Å². The molecule has 28 heavy (non-hydrogen) atoms. The van der Waals surface area contributed by atoms with E-state index < -0.39 is 11.9 Å². The van der Waals surface area contributed by atoms with Gasteiger partial charge in [-0.3, -0.25) is 4.79 Å². The van der Waals surface area contributed by atoms with Gasteiger partial charge in [-0.2, -0.15) is 0 Å². The zero-order chi connectivity index (χ0) is 21.1. The molecule has 0 spiro atoms. The molecular weight excluding hydrogens is 358 g/mol.